The Balaban J connectivity index is 1.85. The van der Waals surface area contributed by atoms with Crippen LogP contribution in [-0.4, -0.2) is 34.1 Å². The molecule has 7 heteroatoms. The molecule has 0 spiro atoms. The number of ether oxygens (including phenoxy) is 1. The molecule has 0 amide bonds. The van der Waals surface area contributed by atoms with Crippen LogP contribution < -0.4 is 9.64 Å². The quantitative estimate of drug-likeness (QED) is 0.719. The Kier molecular flexibility index (Phi) is 3.02. The van der Waals surface area contributed by atoms with Crippen LogP contribution in [0.25, 0.3) is 11.1 Å². The van der Waals surface area contributed by atoms with E-state index in [1.165, 1.54) is 0 Å². The monoisotopic (exact) mass is 273 g/mol. The van der Waals surface area contributed by atoms with E-state index >= 15 is 0 Å². The molecule has 2 aromatic heterocycles. The van der Waals surface area contributed by atoms with Gasteiger partial charge in [0.05, 0.1) is 13.7 Å². The molecule has 0 saturated heterocycles. The van der Waals surface area contributed by atoms with Crippen molar-refractivity contribution in [3.05, 3.63) is 30.1 Å². The molecule has 1 aromatic carbocycles. The van der Waals surface area contributed by atoms with Crippen LogP contribution in [-0.2, 0) is 13.6 Å². The Hall–Kier alpha value is -2.57. The number of hydrogen-bond acceptors (Lipinski definition) is 6. The van der Waals surface area contributed by atoms with Gasteiger partial charge in [-0.25, -0.2) is 0 Å². The summed E-state index contributed by atoms with van der Waals surface area (Å²) in [4.78, 5) is 6.33. The molecule has 0 saturated carbocycles. The van der Waals surface area contributed by atoms with Crippen molar-refractivity contribution in [1.82, 2.24) is 20.0 Å². The Bertz CT molecular complexity index is 733. The molecule has 0 atom stereocenters. The molecule has 0 aliphatic rings. The summed E-state index contributed by atoms with van der Waals surface area (Å²) in [5.74, 6) is 0.758. The molecular formula is C13H15N5O2. The maximum Gasteiger partial charge on any atom is 0.298 e. The van der Waals surface area contributed by atoms with E-state index in [9.17, 15) is 0 Å². The van der Waals surface area contributed by atoms with Crippen molar-refractivity contribution in [1.29, 1.82) is 0 Å². The first-order valence-electron chi connectivity index (χ1n) is 6.16. The molecule has 0 fully saturated rings. The van der Waals surface area contributed by atoms with E-state index in [0.29, 0.717) is 12.6 Å². The lowest BCUT2D eigenvalue weighted by atomic mass is 10.3. The second-order valence-corrected chi connectivity index (χ2v) is 4.57. The van der Waals surface area contributed by atoms with Crippen molar-refractivity contribution in [3.63, 3.8) is 0 Å². The summed E-state index contributed by atoms with van der Waals surface area (Å²) in [5, 5.41) is 7.95. The molecular weight excluding hydrogens is 258 g/mol. The zero-order valence-corrected chi connectivity index (χ0v) is 11.6. The average molecular weight is 273 g/mol. The maximum atomic E-state index is 5.71. The highest BCUT2D eigenvalue weighted by Gasteiger charge is 2.12. The summed E-state index contributed by atoms with van der Waals surface area (Å²) >= 11 is 0. The number of aromatic nitrogens is 4. The van der Waals surface area contributed by atoms with Crippen LogP contribution in [0.15, 0.2) is 28.8 Å². The van der Waals surface area contributed by atoms with Gasteiger partial charge in [-0.2, -0.15) is 4.98 Å². The van der Waals surface area contributed by atoms with Gasteiger partial charge in [0.1, 0.15) is 17.0 Å². The third-order valence-corrected chi connectivity index (χ3v) is 2.96. The Morgan fingerprint density at radius 3 is 2.95 bits per heavy atom. The summed E-state index contributed by atoms with van der Waals surface area (Å²) in [7, 11) is 5.36. The van der Waals surface area contributed by atoms with Crippen molar-refractivity contribution >= 4 is 17.1 Å². The fourth-order valence-electron chi connectivity index (χ4n) is 1.96. The van der Waals surface area contributed by atoms with Crippen LogP contribution in [0.4, 0.5) is 6.01 Å². The number of fused-ring (bicyclic) bond motifs is 1. The maximum absolute atomic E-state index is 5.71. The van der Waals surface area contributed by atoms with Gasteiger partial charge < -0.3 is 14.1 Å². The number of nitrogens with zero attached hydrogens (tertiary/aromatic N) is 5. The van der Waals surface area contributed by atoms with Gasteiger partial charge in [-0.3, -0.25) is 4.68 Å². The zero-order valence-electron chi connectivity index (χ0n) is 11.6. The van der Waals surface area contributed by atoms with Crippen LogP contribution in [0.5, 0.6) is 5.75 Å². The number of anilines is 1. The van der Waals surface area contributed by atoms with E-state index in [-0.39, 0.29) is 0 Å². The van der Waals surface area contributed by atoms with Gasteiger partial charge in [0.15, 0.2) is 5.58 Å². The SMILES string of the molecule is COc1ccc2oc(N(C)Cc3cn(C)nn3)nc2c1. The van der Waals surface area contributed by atoms with Crippen molar-refractivity contribution in [2.75, 3.05) is 19.1 Å². The number of methoxy groups -OCH3 is 1. The van der Waals surface area contributed by atoms with Gasteiger partial charge in [0.2, 0.25) is 0 Å². The molecule has 3 aromatic rings. The summed E-state index contributed by atoms with van der Waals surface area (Å²) in [6.45, 7) is 0.581. The number of hydrogen-bond donors (Lipinski definition) is 0. The van der Waals surface area contributed by atoms with Crippen LogP contribution >= 0.6 is 0 Å². The van der Waals surface area contributed by atoms with Gasteiger partial charge in [-0.15, -0.1) is 5.10 Å². The fraction of sp³-hybridized carbons (Fsp3) is 0.308. The van der Waals surface area contributed by atoms with Crippen molar-refractivity contribution in [3.8, 4) is 5.75 Å². The van der Waals surface area contributed by atoms with Crippen LogP contribution in [0.2, 0.25) is 0 Å². The molecule has 0 bridgehead atoms. The fourth-order valence-corrected chi connectivity index (χ4v) is 1.96. The predicted octanol–water partition coefficient (Wildman–Crippen LogP) is 1.60. The highest BCUT2D eigenvalue weighted by molar-refractivity contribution is 5.76. The Morgan fingerprint density at radius 1 is 1.40 bits per heavy atom. The lowest BCUT2D eigenvalue weighted by molar-refractivity contribution is 0.415. The molecule has 0 radical (unpaired) electrons. The Morgan fingerprint density at radius 2 is 2.25 bits per heavy atom. The molecule has 2 heterocycles. The average Bonchev–Trinajstić information content (AvgIpc) is 3.03. The van der Waals surface area contributed by atoms with E-state index in [4.69, 9.17) is 9.15 Å². The van der Waals surface area contributed by atoms with Gasteiger partial charge >= 0.3 is 0 Å². The van der Waals surface area contributed by atoms with E-state index < -0.39 is 0 Å². The summed E-state index contributed by atoms with van der Waals surface area (Å²) < 4.78 is 12.6. The van der Waals surface area contributed by atoms with Crippen LogP contribution in [0, 0.1) is 0 Å². The highest BCUT2D eigenvalue weighted by atomic mass is 16.5. The Labute approximate surface area is 115 Å². The lowest BCUT2D eigenvalue weighted by Crippen LogP contribution is -2.16. The second-order valence-electron chi connectivity index (χ2n) is 4.57. The second kappa shape index (κ2) is 4.84. The highest BCUT2D eigenvalue weighted by Crippen LogP contribution is 2.25. The van der Waals surface area contributed by atoms with Crippen molar-refractivity contribution < 1.29 is 9.15 Å². The smallest absolute Gasteiger partial charge is 0.298 e. The normalized spacial score (nSPS) is 10.9. The molecule has 104 valence electrons. The van der Waals surface area contributed by atoms with E-state index in [1.54, 1.807) is 11.8 Å². The van der Waals surface area contributed by atoms with Crippen molar-refractivity contribution in [2.45, 2.75) is 6.54 Å². The van der Waals surface area contributed by atoms with E-state index in [1.807, 2.05) is 43.4 Å². The number of rotatable bonds is 4. The number of aryl methyl sites for hydroxylation is 1. The minimum absolute atomic E-state index is 0.541. The molecule has 0 aliphatic heterocycles. The van der Waals surface area contributed by atoms with Crippen molar-refractivity contribution in [2.24, 2.45) is 7.05 Å². The lowest BCUT2D eigenvalue weighted by Gasteiger charge is -2.11. The summed E-state index contributed by atoms with van der Waals surface area (Å²) in [6, 6.07) is 6.08. The van der Waals surface area contributed by atoms with Crippen LogP contribution in [0.3, 0.4) is 0 Å². The van der Waals surface area contributed by atoms with Gasteiger partial charge in [-0.05, 0) is 12.1 Å². The molecule has 0 aliphatic carbocycles. The predicted molar refractivity (Wildman–Crippen MR) is 73.7 cm³/mol. The third-order valence-electron chi connectivity index (χ3n) is 2.96. The molecule has 7 nitrogen and oxygen atoms in total. The zero-order chi connectivity index (χ0) is 14.1. The first kappa shape index (κ1) is 12.5. The standard InChI is InChI=1S/C13H15N5O2/c1-17(7-9-8-18(2)16-15-9)13-14-11-6-10(19-3)4-5-12(11)20-13/h4-6,8H,7H2,1-3H3. The van der Waals surface area contributed by atoms with Gasteiger partial charge in [0, 0.05) is 26.4 Å². The largest absolute Gasteiger partial charge is 0.497 e. The van der Waals surface area contributed by atoms with Gasteiger partial charge in [0.25, 0.3) is 6.01 Å². The molecule has 0 unspecified atom stereocenters. The first-order valence-corrected chi connectivity index (χ1v) is 6.16. The molecule has 0 N–H and O–H groups in total. The molecule has 20 heavy (non-hydrogen) atoms. The van der Waals surface area contributed by atoms with E-state index in [2.05, 4.69) is 15.3 Å². The minimum atomic E-state index is 0.541. The third kappa shape index (κ3) is 2.29. The number of benzene rings is 1. The summed E-state index contributed by atoms with van der Waals surface area (Å²) in [6.07, 6.45) is 1.86. The van der Waals surface area contributed by atoms with Crippen LogP contribution in [0.1, 0.15) is 5.69 Å². The van der Waals surface area contributed by atoms with E-state index in [0.717, 1.165) is 22.5 Å². The topological polar surface area (TPSA) is 69.2 Å². The number of oxazole rings is 1. The van der Waals surface area contributed by atoms with Gasteiger partial charge in [-0.1, -0.05) is 5.21 Å². The summed E-state index contributed by atoms with van der Waals surface area (Å²) in [5.41, 5.74) is 2.35. The minimum Gasteiger partial charge on any atom is -0.497 e. The molecule has 3 rings (SSSR count). The first-order chi connectivity index (χ1) is 9.65.